The molecule has 3 nitrogen and oxygen atoms in total. The average molecular weight is 261 g/mol. The van der Waals surface area contributed by atoms with Crippen molar-refractivity contribution in [3.05, 3.63) is 40.9 Å². The van der Waals surface area contributed by atoms with E-state index in [4.69, 9.17) is 16.1 Å². The average Bonchev–Trinajstić information content (AvgIpc) is 2.84. The van der Waals surface area contributed by atoms with Gasteiger partial charge in [0, 0.05) is 29.7 Å². The van der Waals surface area contributed by atoms with E-state index < -0.39 is 0 Å². The quantitative estimate of drug-likeness (QED) is 0.659. The normalized spacial score (nSPS) is 11.3. The summed E-state index contributed by atoms with van der Waals surface area (Å²) in [4.78, 5) is 0. The number of aromatic nitrogens is 2. The van der Waals surface area contributed by atoms with Gasteiger partial charge in [0.25, 0.3) is 0 Å². The van der Waals surface area contributed by atoms with Gasteiger partial charge in [0.1, 0.15) is 5.76 Å². The number of nitrogens with zero attached hydrogens (tertiary/aromatic N) is 2. The van der Waals surface area contributed by atoms with Crippen LogP contribution in [0.4, 0.5) is 0 Å². The SMILES string of the molecule is Cc1noc(C)c1-c1cc(Cl)c2ccn(C)c2c1. The molecule has 0 spiro atoms. The Kier molecular flexibility index (Phi) is 2.45. The highest BCUT2D eigenvalue weighted by atomic mass is 35.5. The zero-order valence-electron chi connectivity index (χ0n) is 10.5. The third-order valence-electron chi connectivity index (χ3n) is 3.27. The predicted molar refractivity (Wildman–Crippen MR) is 72.9 cm³/mol. The second kappa shape index (κ2) is 3.89. The lowest BCUT2D eigenvalue weighted by atomic mass is 10.0. The van der Waals surface area contributed by atoms with E-state index >= 15 is 0 Å². The number of rotatable bonds is 1. The molecule has 18 heavy (non-hydrogen) atoms. The van der Waals surface area contributed by atoms with Crippen LogP contribution in [0.15, 0.2) is 28.9 Å². The summed E-state index contributed by atoms with van der Waals surface area (Å²) in [7, 11) is 2.01. The molecule has 0 saturated heterocycles. The summed E-state index contributed by atoms with van der Waals surface area (Å²) in [6.45, 7) is 3.85. The van der Waals surface area contributed by atoms with Crippen LogP contribution in [0.2, 0.25) is 5.02 Å². The Bertz CT molecular complexity index is 720. The lowest BCUT2D eigenvalue weighted by Gasteiger charge is -2.04. The van der Waals surface area contributed by atoms with Crippen molar-refractivity contribution in [3.8, 4) is 11.1 Å². The second-order valence-electron chi connectivity index (χ2n) is 4.52. The van der Waals surface area contributed by atoms with Gasteiger partial charge >= 0.3 is 0 Å². The highest BCUT2D eigenvalue weighted by Crippen LogP contribution is 2.34. The zero-order valence-corrected chi connectivity index (χ0v) is 11.2. The minimum absolute atomic E-state index is 0.753. The zero-order chi connectivity index (χ0) is 12.9. The lowest BCUT2D eigenvalue weighted by molar-refractivity contribution is 0.393. The van der Waals surface area contributed by atoms with Gasteiger partial charge < -0.3 is 9.09 Å². The van der Waals surface area contributed by atoms with E-state index in [0.717, 1.165) is 38.5 Å². The minimum Gasteiger partial charge on any atom is -0.361 e. The van der Waals surface area contributed by atoms with Crippen molar-refractivity contribution < 1.29 is 4.52 Å². The van der Waals surface area contributed by atoms with Crippen LogP contribution in [0.1, 0.15) is 11.5 Å². The van der Waals surface area contributed by atoms with Crippen LogP contribution < -0.4 is 0 Å². The topological polar surface area (TPSA) is 31.0 Å². The van der Waals surface area contributed by atoms with E-state index in [9.17, 15) is 0 Å². The van der Waals surface area contributed by atoms with Gasteiger partial charge in [0.15, 0.2) is 0 Å². The third kappa shape index (κ3) is 1.55. The summed E-state index contributed by atoms with van der Waals surface area (Å²) < 4.78 is 7.27. The largest absolute Gasteiger partial charge is 0.361 e. The number of fused-ring (bicyclic) bond motifs is 1. The molecule has 3 rings (SSSR count). The van der Waals surface area contributed by atoms with Crippen LogP contribution >= 0.6 is 11.6 Å². The molecular weight excluding hydrogens is 248 g/mol. The fourth-order valence-electron chi connectivity index (χ4n) is 2.37. The summed E-state index contributed by atoms with van der Waals surface area (Å²) in [5.74, 6) is 0.817. The Labute approximate surface area is 110 Å². The fraction of sp³-hybridized carbons (Fsp3) is 0.214. The van der Waals surface area contributed by atoms with E-state index in [1.54, 1.807) is 0 Å². The number of aryl methyl sites for hydroxylation is 3. The van der Waals surface area contributed by atoms with Gasteiger partial charge in [-0.3, -0.25) is 0 Å². The molecule has 92 valence electrons. The van der Waals surface area contributed by atoms with Gasteiger partial charge in [0.2, 0.25) is 0 Å². The van der Waals surface area contributed by atoms with Gasteiger partial charge in [-0.05, 0) is 37.6 Å². The van der Waals surface area contributed by atoms with Crippen LogP contribution in [0.5, 0.6) is 0 Å². The Hall–Kier alpha value is -1.74. The fourth-order valence-corrected chi connectivity index (χ4v) is 2.64. The summed E-state index contributed by atoms with van der Waals surface area (Å²) >= 11 is 6.33. The lowest BCUT2D eigenvalue weighted by Crippen LogP contribution is -1.87. The molecule has 0 radical (unpaired) electrons. The maximum Gasteiger partial charge on any atom is 0.141 e. The molecule has 2 aromatic heterocycles. The Morgan fingerprint density at radius 2 is 2.06 bits per heavy atom. The maximum absolute atomic E-state index is 6.33. The predicted octanol–water partition coefficient (Wildman–Crippen LogP) is 4.10. The maximum atomic E-state index is 6.33. The molecule has 1 aromatic carbocycles. The minimum atomic E-state index is 0.753. The van der Waals surface area contributed by atoms with E-state index in [0.29, 0.717) is 0 Å². The Morgan fingerprint density at radius 3 is 2.72 bits per heavy atom. The van der Waals surface area contributed by atoms with Crippen LogP contribution in [0.25, 0.3) is 22.0 Å². The van der Waals surface area contributed by atoms with Crippen LogP contribution in [-0.2, 0) is 7.05 Å². The monoisotopic (exact) mass is 260 g/mol. The van der Waals surface area contributed by atoms with Gasteiger partial charge in [-0.1, -0.05) is 16.8 Å². The van der Waals surface area contributed by atoms with Gasteiger partial charge in [-0.2, -0.15) is 0 Å². The molecular formula is C14H13ClN2O. The van der Waals surface area contributed by atoms with Crippen molar-refractivity contribution in [2.24, 2.45) is 7.05 Å². The standard InChI is InChI=1S/C14H13ClN2O/c1-8-14(9(2)18-16-8)10-6-12(15)11-4-5-17(3)13(11)7-10/h4-7H,1-3H3. The number of benzene rings is 1. The molecule has 0 N–H and O–H groups in total. The van der Waals surface area contributed by atoms with Crippen molar-refractivity contribution in [1.82, 2.24) is 9.72 Å². The van der Waals surface area contributed by atoms with Crippen molar-refractivity contribution in [2.75, 3.05) is 0 Å². The molecule has 3 aromatic rings. The first-order chi connectivity index (χ1) is 8.58. The van der Waals surface area contributed by atoms with E-state index in [1.165, 1.54) is 0 Å². The summed E-state index contributed by atoms with van der Waals surface area (Å²) in [6, 6.07) is 6.11. The van der Waals surface area contributed by atoms with E-state index in [-0.39, 0.29) is 0 Å². The van der Waals surface area contributed by atoms with Crippen molar-refractivity contribution in [3.63, 3.8) is 0 Å². The molecule has 0 unspecified atom stereocenters. The first-order valence-corrected chi connectivity index (χ1v) is 6.13. The first-order valence-electron chi connectivity index (χ1n) is 5.76. The van der Waals surface area contributed by atoms with Gasteiger partial charge in [-0.25, -0.2) is 0 Å². The van der Waals surface area contributed by atoms with Crippen molar-refractivity contribution in [1.29, 1.82) is 0 Å². The molecule has 0 saturated carbocycles. The smallest absolute Gasteiger partial charge is 0.141 e. The molecule has 0 aliphatic carbocycles. The van der Waals surface area contributed by atoms with E-state index in [1.807, 2.05) is 39.2 Å². The molecule has 0 aliphatic heterocycles. The molecule has 0 amide bonds. The third-order valence-corrected chi connectivity index (χ3v) is 3.59. The summed E-state index contributed by atoms with van der Waals surface area (Å²) in [5.41, 5.74) is 4.07. The molecule has 0 bridgehead atoms. The molecule has 0 aliphatic rings. The van der Waals surface area contributed by atoms with E-state index in [2.05, 4.69) is 15.8 Å². The number of halogens is 1. The molecule has 0 atom stereocenters. The Balaban J connectivity index is 2.34. The molecule has 4 heteroatoms. The molecule has 0 fully saturated rings. The number of hydrogen-bond donors (Lipinski definition) is 0. The highest BCUT2D eigenvalue weighted by molar-refractivity contribution is 6.35. The van der Waals surface area contributed by atoms with Crippen LogP contribution in [0.3, 0.4) is 0 Å². The van der Waals surface area contributed by atoms with Crippen LogP contribution in [0, 0.1) is 13.8 Å². The Morgan fingerprint density at radius 1 is 1.28 bits per heavy atom. The molecule has 2 heterocycles. The number of hydrogen-bond acceptors (Lipinski definition) is 2. The summed E-state index contributed by atoms with van der Waals surface area (Å²) in [5, 5.41) is 5.80. The van der Waals surface area contributed by atoms with Crippen molar-refractivity contribution in [2.45, 2.75) is 13.8 Å². The van der Waals surface area contributed by atoms with Gasteiger partial charge in [0.05, 0.1) is 10.7 Å². The summed E-state index contributed by atoms with van der Waals surface area (Å²) in [6.07, 6.45) is 2.01. The van der Waals surface area contributed by atoms with Gasteiger partial charge in [-0.15, -0.1) is 0 Å². The van der Waals surface area contributed by atoms with Crippen LogP contribution in [-0.4, -0.2) is 9.72 Å². The second-order valence-corrected chi connectivity index (χ2v) is 4.92. The highest BCUT2D eigenvalue weighted by Gasteiger charge is 2.14. The van der Waals surface area contributed by atoms with Crippen molar-refractivity contribution >= 4 is 22.5 Å². The first kappa shape index (κ1) is 11.4.